The average Bonchev–Trinajstić information content (AvgIpc) is 3.33. The van der Waals surface area contributed by atoms with Crippen LogP contribution in [0.3, 0.4) is 0 Å². The molecule has 4 aromatic rings. The highest BCUT2D eigenvalue weighted by Gasteiger charge is 2.20. The maximum atomic E-state index is 9.66. The number of hydrogen-bond acceptors (Lipinski definition) is 6. The number of nitrogens with zero attached hydrogens (tertiary/aromatic N) is 3. The number of nitrogens with two attached hydrogens (primary N) is 1. The molecule has 5 N–H and O–H groups in total. The van der Waals surface area contributed by atoms with Crippen molar-refractivity contribution in [2.75, 3.05) is 11.1 Å². The third-order valence-electron chi connectivity index (χ3n) is 5.02. The van der Waals surface area contributed by atoms with Gasteiger partial charge in [-0.25, -0.2) is 4.98 Å². The molecule has 0 radical (unpaired) electrons. The van der Waals surface area contributed by atoms with Crippen molar-refractivity contribution in [1.82, 2.24) is 20.2 Å². The Morgan fingerprint density at radius 2 is 2.14 bits per heavy atom. The number of hydrogen-bond donors (Lipinski definition) is 4. The number of rotatable bonds is 4. The first-order chi connectivity index (χ1) is 13.7. The molecule has 2 aromatic heterocycles. The Morgan fingerprint density at radius 3 is 3.00 bits per heavy atom. The van der Waals surface area contributed by atoms with Crippen molar-refractivity contribution in [1.29, 1.82) is 0 Å². The van der Waals surface area contributed by atoms with Crippen molar-refractivity contribution < 1.29 is 5.11 Å². The third kappa shape index (κ3) is 2.78. The number of anilines is 3. The molecule has 0 saturated heterocycles. The van der Waals surface area contributed by atoms with Crippen molar-refractivity contribution in [3.05, 3.63) is 71.0 Å². The van der Waals surface area contributed by atoms with Crippen LogP contribution >= 0.6 is 0 Å². The number of nitrogen functional groups attached to an aromatic ring is 1. The lowest BCUT2D eigenvalue weighted by Crippen LogP contribution is -2.00. The maximum Gasteiger partial charge on any atom is 0.221 e. The van der Waals surface area contributed by atoms with E-state index in [4.69, 9.17) is 5.73 Å². The predicted octanol–water partition coefficient (Wildman–Crippen LogP) is 3.27. The second-order valence-corrected chi connectivity index (χ2v) is 6.77. The standard InChI is InChI=1S/C21H18N6O/c22-21-23-5-4-19(26-21)25-16-7-15-10-24-27-20(15)18(9-16)14-6-12-2-1-3-13(11-28)17(12)8-14/h1-7,9-10,28H,8,11H2,(H,24,27)(H3,22,23,25,26). The minimum absolute atomic E-state index is 0.0422. The van der Waals surface area contributed by atoms with Gasteiger partial charge in [-0.05, 0) is 46.9 Å². The summed E-state index contributed by atoms with van der Waals surface area (Å²) in [7, 11) is 0. The monoisotopic (exact) mass is 370 g/mol. The van der Waals surface area contributed by atoms with E-state index in [2.05, 4.69) is 43.7 Å². The summed E-state index contributed by atoms with van der Waals surface area (Å²) in [5.74, 6) is 0.854. The van der Waals surface area contributed by atoms with E-state index in [0.29, 0.717) is 5.82 Å². The molecule has 1 aliphatic carbocycles. The van der Waals surface area contributed by atoms with Crippen molar-refractivity contribution in [3.63, 3.8) is 0 Å². The molecule has 0 fully saturated rings. The fourth-order valence-electron chi connectivity index (χ4n) is 3.73. The summed E-state index contributed by atoms with van der Waals surface area (Å²) in [6.45, 7) is 0.0422. The first-order valence-corrected chi connectivity index (χ1v) is 8.96. The van der Waals surface area contributed by atoms with E-state index in [-0.39, 0.29) is 12.6 Å². The Balaban J connectivity index is 1.57. The van der Waals surface area contributed by atoms with Gasteiger partial charge in [-0.3, -0.25) is 5.10 Å². The summed E-state index contributed by atoms with van der Waals surface area (Å²) in [5.41, 5.74) is 13.1. The number of allylic oxidation sites excluding steroid dienone is 1. The molecule has 0 atom stereocenters. The Labute approximate surface area is 161 Å². The smallest absolute Gasteiger partial charge is 0.221 e. The topological polar surface area (TPSA) is 113 Å². The molecule has 7 nitrogen and oxygen atoms in total. The van der Waals surface area contributed by atoms with Gasteiger partial charge >= 0.3 is 0 Å². The summed E-state index contributed by atoms with van der Waals surface area (Å²) in [5, 5.41) is 21.3. The van der Waals surface area contributed by atoms with Gasteiger partial charge in [0.15, 0.2) is 0 Å². The van der Waals surface area contributed by atoms with Gasteiger partial charge < -0.3 is 16.2 Å². The lowest BCUT2D eigenvalue weighted by molar-refractivity contribution is 0.281. The average molecular weight is 370 g/mol. The van der Waals surface area contributed by atoms with E-state index in [1.807, 2.05) is 18.2 Å². The minimum Gasteiger partial charge on any atom is -0.392 e. The van der Waals surface area contributed by atoms with E-state index in [9.17, 15) is 5.11 Å². The highest BCUT2D eigenvalue weighted by atomic mass is 16.3. The van der Waals surface area contributed by atoms with Gasteiger partial charge in [-0.1, -0.05) is 24.3 Å². The van der Waals surface area contributed by atoms with Crippen LogP contribution in [0, 0.1) is 0 Å². The first kappa shape index (κ1) is 16.5. The largest absolute Gasteiger partial charge is 0.392 e. The fraction of sp³-hybridized carbons (Fsp3) is 0.0952. The molecule has 138 valence electrons. The van der Waals surface area contributed by atoms with Gasteiger partial charge in [0.05, 0.1) is 18.3 Å². The molecule has 1 aliphatic rings. The Kier molecular flexibility index (Phi) is 3.80. The minimum atomic E-state index is 0.0422. The second kappa shape index (κ2) is 6.47. The van der Waals surface area contributed by atoms with E-state index >= 15 is 0 Å². The molecule has 0 spiro atoms. The summed E-state index contributed by atoms with van der Waals surface area (Å²) >= 11 is 0. The van der Waals surface area contributed by atoms with Crippen LogP contribution in [0.5, 0.6) is 0 Å². The molecule has 0 amide bonds. The van der Waals surface area contributed by atoms with Crippen molar-refractivity contribution in [3.8, 4) is 0 Å². The normalized spacial score (nSPS) is 12.8. The molecule has 2 aromatic carbocycles. The summed E-state index contributed by atoms with van der Waals surface area (Å²) in [6.07, 6.45) is 6.37. The Bertz CT molecular complexity index is 1230. The van der Waals surface area contributed by atoms with Crippen LogP contribution in [0.4, 0.5) is 17.5 Å². The number of fused-ring (bicyclic) bond motifs is 2. The number of H-pyrrole nitrogens is 1. The van der Waals surface area contributed by atoms with Crippen molar-refractivity contribution >= 4 is 40.0 Å². The molecule has 28 heavy (non-hydrogen) atoms. The van der Waals surface area contributed by atoms with Crippen LogP contribution in [0.1, 0.15) is 22.3 Å². The number of aromatic nitrogens is 4. The van der Waals surface area contributed by atoms with Gasteiger partial charge in [0.25, 0.3) is 0 Å². The van der Waals surface area contributed by atoms with E-state index < -0.39 is 0 Å². The van der Waals surface area contributed by atoms with Crippen LogP contribution in [0.25, 0.3) is 22.6 Å². The van der Waals surface area contributed by atoms with Gasteiger partial charge in [0, 0.05) is 22.8 Å². The fourth-order valence-corrected chi connectivity index (χ4v) is 3.73. The second-order valence-electron chi connectivity index (χ2n) is 6.77. The molecular weight excluding hydrogens is 352 g/mol. The summed E-state index contributed by atoms with van der Waals surface area (Å²) in [4.78, 5) is 8.13. The van der Waals surface area contributed by atoms with Crippen molar-refractivity contribution in [2.45, 2.75) is 13.0 Å². The third-order valence-corrected chi connectivity index (χ3v) is 5.02. The first-order valence-electron chi connectivity index (χ1n) is 8.96. The van der Waals surface area contributed by atoms with Crippen LogP contribution < -0.4 is 11.1 Å². The van der Waals surface area contributed by atoms with E-state index in [0.717, 1.165) is 39.7 Å². The number of aliphatic hydroxyl groups excluding tert-OH is 1. The lowest BCUT2D eigenvalue weighted by atomic mass is 9.98. The van der Waals surface area contributed by atoms with Crippen LogP contribution in [0.15, 0.2) is 48.8 Å². The predicted molar refractivity (Wildman–Crippen MR) is 110 cm³/mol. The molecule has 0 aliphatic heterocycles. The van der Waals surface area contributed by atoms with E-state index in [1.54, 1.807) is 18.5 Å². The van der Waals surface area contributed by atoms with Crippen molar-refractivity contribution in [2.24, 2.45) is 0 Å². The zero-order chi connectivity index (χ0) is 19.1. The molecule has 0 unspecified atom stereocenters. The van der Waals surface area contributed by atoms with Gasteiger partial charge in [-0.15, -0.1) is 0 Å². The molecular formula is C21H18N6O. The molecule has 5 rings (SSSR count). The van der Waals surface area contributed by atoms with Gasteiger partial charge in [-0.2, -0.15) is 10.1 Å². The zero-order valence-electron chi connectivity index (χ0n) is 15.0. The number of aliphatic hydroxyl groups is 1. The zero-order valence-corrected chi connectivity index (χ0v) is 15.0. The molecule has 0 bridgehead atoms. The summed E-state index contributed by atoms with van der Waals surface area (Å²) in [6, 6.07) is 11.9. The van der Waals surface area contributed by atoms with E-state index in [1.165, 1.54) is 11.1 Å². The molecule has 2 heterocycles. The number of nitrogens with one attached hydrogen (secondary N) is 2. The summed E-state index contributed by atoms with van der Waals surface area (Å²) < 4.78 is 0. The SMILES string of the molecule is Nc1nccc(Nc2cc(C3=Cc4cccc(CO)c4C3)c3[nH]ncc3c2)n1. The lowest BCUT2D eigenvalue weighted by Gasteiger charge is -2.11. The van der Waals surface area contributed by atoms with Crippen LogP contribution in [-0.4, -0.2) is 25.3 Å². The highest BCUT2D eigenvalue weighted by molar-refractivity contribution is 6.00. The number of aromatic amines is 1. The quantitative estimate of drug-likeness (QED) is 0.439. The Morgan fingerprint density at radius 1 is 1.21 bits per heavy atom. The molecule has 0 saturated carbocycles. The van der Waals surface area contributed by atoms with Crippen LogP contribution in [0.2, 0.25) is 0 Å². The maximum absolute atomic E-state index is 9.66. The van der Waals surface area contributed by atoms with Gasteiger partial charge in [0.1, 0.15) is 5.82 Å². The molecule has 7 heteroatoms. The van der Waals surface area contributed by atoms with Crippen LogP contribution in [-0.2, 0) is 13.0 Å². The number of benzene rings is 2. The highest BCUT2D eigenvalue weighted by Crippen LogP contribution is 2.37. The van der Waals surface area contributed by atoms with Gasteiger partial charge in [0.2, 0.25) is 5.95 Å². The Hall–Kier alpha value is -3.71.